The van der Waals surface area contributed by atoms with Crippen LogP contribution in [0.1, 0.15) is 59.3 Å². The molecule has 0 radical (unpaired) electrons. The van der Waals surface area contributed by atoms with E-state index in [0.29, 0.717) is 34.6 Å². The SMILES string of the molecule is CCc1cc(OCC(=O)C2CC2)cc(C(=O)O)c1C(C)=NOCc1ccc(C(F)(F)F)cc1. The van der Waals surface area contributed by atoms with E-state index in [1.54, 1.807) is 13.0 Å². The van der Waals surface area contributed by atoms with Crippen molar-refractivity contribution < 1.29 is 37.4 Å². The summed E-state index contributed by atoms with van der Waals surface area (Å²) >= 11 is 0. The number of carboxylic acids is 1. The van der Waals surface area contributed by atoms with Crippen molar-refractivity contribution in [3.8, 4) is 5.75 Å². The molecule has 176 valence electrons. The normalized spacial score (nSPS) is 14.2. The first-order valence-corrected chi connectivity index (χ1v) is 10.5. The van der Waals surface area contributed by atoms with E-state index in [2.05, 4.69) is 5.16 Å². The van der Waals surface area contributed by atoms with Crippen LogP contribution < -0.4 is 4.74 Å². The summed E-state index contributed by atoms with van der Waals surface area (Å²) in [6, 6.07) is 7.54. The molecule has 0 spiro atoms. The maximum Gasteiger partial charge on any atom is 0.416 e. The number of aromatic carboxylic acids is 1. The molecule has 1 aliphatic carbocycles. The number of ether oxygens (including phenoxy) is 1. The molecule has 0 aromatic heterocycles. The Balaban J connectivity index is 1.75. The quantitative estimate of drug-likeness (QED) is 0.384. The Bertz CT molecular complexity index is 1060. The summed E-state index contributed by atoms with van der Waals surface area (Å²) in [4.78, 5) is 29.1. The highest BCUT2D eigenvalue weighted by Crippen LogP contribution is 2.31. The summed E-state index contributed by atoms with van der Waals surface area (Å²) in [5.74, 6) is -0.843. The Hall–Kier alpha value is -3.36. The molecule has 33 heavy (non-hydrogen) atoms. The highest BCUT2D eigenvalue weighted by atomic mass is 19.4. The third-order valence-corrected chi connectivity index (χ3v) is 5.29. The van der Waals surface area contributed by atoms with E-state index in [0.717, 1.165) is 25.0 Å². The third-order valence-electron chi connectivity index (χ3n) is 5.29. The predicted octanol–water partition coefficient (Wildman–Crippen LogP) is 5.26. The molecule has 1 N–H and O–H groups in total. The van der Waals surface area contributed by atoms with Gasteiger partial charge in [-0.15, -0.1) is 0 Å². The number of carboxylic acid groups (broad SMARTS) is 1. The first-order chi connectivity index (χ1) is 15.6. The van der Waals surface area contributed by atoms with Gasteiger partial charge in [0.1, 0.15) is 19.0 Å². The van der Waals surface area contributed by atoms with Crippen molar-refractivity contribution in [3.05, 3.63) is 64.2 Å². The van der Waals surface area contributed by atoms with Gasteiger partial charge in [0.2, 0.25) is 0 Å². The molecule has 2 aromatic rings. The standard InChI is InChI=1S/C24H24F3NO5/c1-3-16-10-19(32-13-21(29)17-6-7-17)11-20(23(30)31)22(16)14(2)28-33-12-15-4-8-18(9-5-15)24(25,26)27/h4-5,8-11,17H,3,6-7,12-13H2,1-2H3,(H,30,31). The van der Waals surface area contributed by atoms with Gasteiger partial charge in [0.15, 0.2) is 5.78 Å². The number of Topliss-reactive ketones (excluding diaryl/α,β-unsaturated/α-hetero) is 1. The van der Waals surface area contributed by atoms with Crippen LogP contribution in [0, 0.1) is 5.92 Å². The molecular formula is C24H24F3NO5. The minimum Gasteiger partial charge on any atom is -0.486 e. The highest BCUT2D eigenvalue weighted by molar-refractivity contribution is 6.08. The van der Waals surface area contributed by atoms with Crippen LogP contribution in [0.15, 0.2) is 41.6 Å². The van der Waals surface area contributed by atoms with Crippen LogP contribution in [0.25, 0.3) is 0 Å². The Labute approximate surface area is 189 Å². The van der Waals surface area contributed by atoms with E-state index < -0.39 is 17.7 Å². The maximum absolute atomic E-state index is 12.7. The maximum atomic E-state index is 12.7. The summed E-state index contributed by atoms with van der Waals surface area (Å²) in [5, 5.41) is 13.7. The average molecular weight is 463 g/mol. The number of rotatable bonds is 10. The highest BCUT2D eigenvalue weighted by Gasteiger charge is 2.30. The minimum absolute atomic E-state index is 0.00316. The van der Waals surface area contributed by atoms with E-state index in [9.17, 15) is 27.9 Å². The van der Waals surface area contributed by atoms with Crippen molar-refractivity contribution in [2.45, 2.75) is 45.9 Å². The van der Waals surface area contributed by atoms with E-state index >= 15 is 0 Å². The largest absolute Gasteiger partial charge is 0.486 e. The lowest BCUT2D eigenvalue weighted by atomic mass is 9.95. The van der Waals surface area contributed by atoms with Crippen LogP contribution in [-0.4, -0.2) is 29.2 Å². The van der Waals surface area contributed by atoms with Crippen LogP contribution in [0.4, 0.5) is 13.2 Å². The number of hydrogen-bond donors (Lipinski definition) is 1. The molecule has 0 amide bonds. The fraction of sp³-hybridized carbons (Fsp3) is 0.375. The molecule has 2 aromatic carbocycles. The Morgan fingerprint density at radius 1 is 1.15 bits per heavy atom. The first kappa shape index (κ1) is 24.3. The second kappa shape index (κ2) is 10.1. The third kappa shape index (κ3) is 6.34. The lowest BCUT2D eigenvalue weighted by Gasteiger charge is -2.15. The Morgan fingerprint density at radius 3 is 2.36 bits per heavy atom. The molecule has 1 saturated carbocycles. The second-order valence-corrected chi connectivity index (χ2v) is 7.84. The van der Waals surface area contributed by atoms with Gasteiger partial charge in [-0.05, 0) is 61.6 Å². The number of alkyl halides is 3. The number of ketones is 1. The lowest BCUT2D eigenvalue weighted by Crippen LogP contribution is -2.15. The van der Waals surface area contributed by atoms with E-state index in [1.165, 1.54) is 18.2 Å². The predicted molar refractivity (Wildman–Crippen MR) is 114 cm³/mol. The van der Waals surface area contributed by atoms with E-state index in [1.807, 2.05) is 6.92 Å². The van der Waals surface area contributed by atoms with Crippen LogP contribution >= 0.6 is 0 Å². The molecule has 0 aliphatic heterocycles. The molecule has 9 heteroatoms. The topological polar surface area (TPSA) is 85.2 Å². The zero-order chi connectivity index (χ0) is 24.2. The molecular weight excluding hydrogens is 439 g/mol. The molecule has 1 fully saturated rings. The van der Waals surface area contributed by atoms with Crippen molar-refractivity contribution in [2.75, 3.05) is 6.61 Å². The molecule has 0 saturated heterocycles. The number of benzene rings is 2. The molecule has 3 rings (SSSR count). The van der Waals surface area contributed by atoms with Gasteiger partial charge >= 0.3 is 12.1 Å². The molecule has 0 atom stereocenters. The zero-order valence-corrected chi connectivity index (χ0v) is 18.2. The van der Waals surface area contributed by atoms with Crippen molar-refractivity contribution in [3.63, 3.8) is 0 Å². The van der Waals surface area contributed by atoms with Gasteiger partial charge in [-0.1, -0.05) is 24.2 Å². The number of carbonyl (C=O) groups is 2. The van der Waals surface area contributed by atoms with Gasteiger partial charge in [0, 0.05) is 11.5 Å². The van der Waals surface area contributed by atoms with Crippen LogP contribution in [-0.2, 0) is 28.8 Å². The molecule has 0 unspecified atom stereocenters. The van der Waals surface area contributed by atoms with Gasteiger partial charge in [-0.2, -0.15) is 13.2 Å². The van der Waals surface area contributed by atoms with Crippen LogP contribution in [0.5, 0.6) is 5.75 Å². The van der Waals surface area contributed by atoms with Crippen LogP contribution in [0.3, 0.4) is 0 Å². The Morgan fingerprint density at radius 2 is 1.82 bits per heavy atom. The van der Waals surface area contributed by atoms with Crippen molar-refractivity contribution in [1.29, 1.82) is 0 Å². The van der Waals surface area contributed by atoms with Crippen LogP contribution in [0.2, 0.25) is 0 Å². The van der Waals surface area contributed by atoms with Crippen molar-refractivity contribution in [2.24, 2.45) is 11.1 Å². The lowest BCUT2D eigenvalue weighted by molar-refractivity contribution is -0.137. The number of oxime groups is 1. The number of carbonyl (C=O) groups excluding carboxylic acids is 1. The van der Waals surface area contributed by atoms with Crippen molar-refractivity contribution >= 4 is 17.5 Å². The Kier molecular flexibility index (Phi) is 7.40. The number of nitrogens with zero attached hydrogens (tertiary/aromatic N) is 1. The number of hydrogen-bond acceptors (Lipinski definition) is 5. The zero-order valence-electron chi connectivity index (χ0n) is 18.2. The summed E-state index contributed by atoms with van der Waals surface area (Å²) in [6.45, 7) is 3.25. The molecule has 0 heterocycles. The molecule has 6 nitrogen and oxygen atoms in total. The fourth-order valence-corrected chi connectivity index (χ4v) is 3.35. The minimum atomic E-state index is -4.42. The van der Waals surface area contributed by atoms with Gasteiger partial charge in [-0.25, -0.2) is 4.79 Å². The molecule has 1 aliphatic rings. The fourth-order valence-electron chi connectivity index (χ4n) is 3.35. The van der Waals surface area contributed by atoms with Gasteiger partial charge in [0.05, 0.1) is 16.8 Å². The number of aryl methyl sites for hydroxylation is 1. The summed E-state index contributed by atoms with van der Waals surface area (Å²) in [6.07, 6.45) is -2.21. The monoisotopic (exact) mass is 463 g/mol. The van der Waals surface area contributed by atoms with Gasteiger partial charge < -0.3 is 14.7 Å². The number of halogens is 3. The summed E-state index contributed by atoms with van der Waals surface area (Å²) in [5.41, 5.74) is 1.02. The van der Waals surface area contributed by atoms with E-state index in [4.69, 9.17) is 9.57 Å². The smallest absolute Gasteiger partial charge is 0.416 e. The summed E-state index contributed by atoms with van der Waals surface area (Å²) in [7, 11) is 0. The van der Waals surface area contributed by atoms with Gasteiger partial charge in [0.25, 0.3) is 0 Å². The summed E-state index contributed by atoms with van der Waals surface area (Å²) < 4.78 is 43.5. The van der Waals surface area contributed by atoms with Gasteiger partial charge in [-0.3, -0.25) is 4.79 Å². The van der Waals surface area contributed by atoms with E-state index in [-0.39, 0.29) is 30.5 Å². The molecule has 0 bridgehead atoms. The van der Waals surface area contributed by atoms with Crippen molar-refractivity contribution in [1.82, 2.24) is 0 Å². The second-order valence-electron chi connectivity index (χ2n) is 7.84. The average Bonchev–Trinajstić information content (AvgIpc) is 3.62. The first-order valence-electron chi connectivity index (χ1n) is 10.5.